The highest BCUT2D eigenvalue weighted by molar-refractivity contribution is 6.30. The number of carbonyl (C=O) groups is 1. The normalized spacial score (nSPS) is 12.1. The summed E-state index contributed by atoms with van der Waals surface area (Å²) in [6.07, 6.45) is 4.05. The van der Waals surface area contributed by atoms with E-state index < -0.39 is 0 Å². The van der Waals surface area contributed by atoms with Gasteiger partial charge in [0.25, 0.3) is 5.91 Å². The molecule has 1 amide bonds. The third kappa shape index (κ3) is 3.37. The predicted octanol–water partition coefficient (Wildman–Crippen LogP) is 3.29. The van der Waals surface area contributed by atoms with E-state index in [9.17, 15) is 4.79 Å². The average Bonchev–Trinajstić information content (AvgIpc) is 2.81. The van der Waals surface area contributed by atoms with E-state index in [1.807, 2.05) is 13.0 Å². The maximum absolute atomic E-state index is 11.9. The number of halogens is 1. The van der Waals surface area contributed by atoms with Gasteiger partial charge in [0.15, 0.2) is 0 Å². The van der Waals surface area contributed by atoms with E-state index in [1.54, 1.807) is 36.8 Å². The lowest BCUT2D eigenvalue weighted by atomic mass is 10.1. The van der Waals surface area contributed by atoms with Crippen molar-refractivity contribution >= 4 is 17.5 Å². The van der Waals surface area contributed by atoms with Crippen LogP contribution in [0.2, 0.25) is 5.02 Å². The zero-order chi connectivity index (χ0) is 13.0. The molecule has 1 atom stereocenters. The van der Waals surface area contributed by atoms with Crippen LogP contribution in [0.3, 0.4) is 0 Å². The van der Waals surface area contributed by atoms with Gasteiger partial charge in [-0.2, -0.15) is 0 Å². The van der Waals surface area contributed by atoms with Crippen LogP contribution in [0.15, 0.2) is 47.3 Å². The second-order valence-corrected chi connectivity index (χ2v) is 4.66. The summed E-state index contributed by atoms with van der Waals surface area (Å²) in [4.78, 5) is 11.9. The first-order chi connectivity index (χ1) is 8.65. The zero-order valence-corrected chi connectivity index (χ0v) is 10.8. The van der Waals surface area contributed by atoms with Gasteiger partial charge in [-0.1, -0.05) is 17.7 Å². The molecule has 1 unspecified atom stereocenters. The van der Waals surface area contributed by atoms with Crippen molar-refractivity contribution in [3.8, 4) is 0 Å². The number of hydrogen-bond donors (Lipinski definition) is 1. The first-order valence-electron chi connectivity index (χ1n) is 5.72. The first kappa shape index (κ1) is 12.7. The molecule has 1 N–H and O–H groups in total. The number of furan rings is 1. The summed E-state index contributed by atoms with van der Waals surface area (Å²) < 4.78 is 4.99. The summed E-state index contributed by atoms with van der Waals surface area (Å²) in [7, 11) is 0. The summed E-state index contributed by atoms with van der Waals surface area (Å²) in [6.45, 7) is 1.95. The smallest absolute Gasteiger partial charge is 0.251 e. The van der Waals surface area contributed by atoms with Crippen LogP contribution >= 0.6 is 11.6 Å². The molecule has 0 aliphatic carbocycles. The van der Waals surface area contributed by atoms with Gasteiger partial charge >= 0.3 is 0 Å². The molecule has 0 radical (unpaired) electrons. The van der Waals surface area contributed by atoms with E-state index in [2.05, 4.69) is 5.32 Å². The molecular weight excluding hydrogens is 250 g/mol. The van der Waals surface area contributed by atoms with Gasteiger partial charge in [0.05, 0.1) is 12.5 Å². The van der Waals surface area contributed by atoms with Gasteiger partial charge < -0.3 is 9.73 Å². The number of benzene rings is 1. The Morgan fingerprint density at radius 2 is 2.28 bits per heavy atom. The van der Waals surface area contributed by atoms with E-state index >= 15 is 0 Å². The minimum Gasteiger partial charge on any atom is -0.472 e. The molecule has 18 heavy (non-hydrogen) atoms. The summed E-state index contributed by atoms with van der Waals surface area (Å²) in [5, 5.41) is 3.48. The summed E-state index contributed by atoms with van der Waals surface area (Å²) in [6, 6.07) is 8.83. The van der Waals surface area contributed by atoms with Crippen molar-refractivity contribution in [3.05, 3.63) is 59.0 Å². The summed E-state index contributed by atoms with van der Waals surface area (Å²) in [5.74, 6) is -0.117. The molecule has 0 aliphatic heterocycles. The first-order valence-corrected chi connectivity index (χ1v) is 6.10. The standard InChI is InChI=1S/C14H14ClNO2/c1-10(7-11-5-6-18-9-11)16-14(17)12-3-2-4-13(15)8-12/h2-6,8-10H,7H2,1H3,(H,16,17). The Balaban J connectivity index is 1.95. The second-order valence-electron chi connectivity index (χ2n) is 4.22. The Kier molecular flexibility index (Phi) is 4.05. The monoisotopic (exact) mass is 263 g/mol. The minimum atomic E-state index is -0.117. The lowest BCUT2D eigenvalue weighted by molar-refractivity contribution is 0.0940. The van der Waals surface area contributed by atoms with Crippen LogP contribution in [-0.4, -0.2) is 11.9 Å². The van der Waals surface area contributed by atoms with Crippen molar-refractivity contribution in [2.75, 3.05) is 0 Å². The van der Waals surface area contributed by atoms with Crippen LogP contribution in [0, 0.1) is 0 Å². The van der Waals surface area contributed by atoms with Crippen LogP contribution < -0.4 is 5.32 Å². The number of amides is 1. The second kappa shape index (κ2) is 5.74. The molecular formula is C14H14ClNO2. The molecule has 0 saturated heterocycles. The van der Waals surface area contributed by atoms with Crippen LogP contribution in [0.1, 0.15) is 22.8 Å². The highest BCUT2D eigenvalue weighted by Crippen LogP contribution is 2.11. The van der Waals surface area contributed by atoms with E-state index in [0.29, 0.717) is 10.6 Å². The van der Waals surface area contributed by atoms with Crippen molar-refractivity contribution in [1.82, 2.24) is 5.32 Å². The molecule has 0 saturated carbocycles. The molecule has 4 heteroatoms. The number of nitrogens with one attached hydrogen (secondary N) is 1. The van der Waals surface area contributed by atoms with Crippen LogP contribution in [-0.2, 0) is 6.42 Å². The molecule has 94 valence electrons. The van der Waals surface area contributed by atoms with Gasteiger partial charge in [0.2, 0.25) is 0 Å². The van der Waals surface area contributed by atoms with Gasteiger partial charge in [0, 0.05) is 16.6 Å². The Hall–Kier alpha value is -1.74. The van der Waals surface area contributed by atoms with E-state index in [0.717, 1.165) is 12.0 Å². The van der Waals surface area contributed by atoms with E-state index in [1.165, 1.54) is 0 Å². The van der Waals surface area contributed by atoms with Crippen molar-refractivity contribution in [3.63, 3.8) is 0 Å². The van der Waals surface area contributed by atoms with Crippen molar-refractivity contribution in [2.24, 2.45) is 0 Å². The molecule has 1 heterocycles. The zero-order valence-electron chi connectivity index (χ0n) is 10.0. The van der Waals surface area contributed by atoms with Crippen LogP contribution in [0.5, 0.6) is 0 Å². The summed E-state index contributed by atoms with van der Waals surface area (Å²) in [5.41, 5.74) is 1.63. The van der Waals surface area contributed by atoms with Crippen molar-refractivity contribution in [2.45, 2.75) is 19.4 Å². The van der Waals surface area contributed by atoms with Crippen LogP contribution in [0.4, 0.5) is 0 Å². The van der Waals surface area contributed by atoms with Gasteiger partial charge in [-0.15, -0.1) is 0 Å². The highest BCUT2D eigenvalue weighted by Gasteiger charge is 2.10. The quantitative estimate of drug-likeness (QED) is 0.920. The van der Waals surface area contributed by atoms with Crippen molar-refractivity contribution in [1.29, 1.82) is 0 Å². The topological polar surface area (TPSA) is 42.2 Å². The molecule has 0 bridgehead atoms. The van der Waals surface area contributed by atoms with Crippen molar-refractivity contribution < 1.29 is 9.21 Å². The molecule has 3 nitrogen and oxygen atoms in total. The fourth-order valence-corrected chi connectivity index (χ4v) is 1.94. The molecule has 1 aromatic carbocycles. The predicted molar refractivity (Wildman–Crippen MR) is 70.8 cm³/mol. The van der Waals surface area contributed by atoms with Gasteiger partial charge in [-0.3, -0.25) is 4.79 Å². The van der Waals surface area contributed by atoms with Gasteiger partial charge in [-0.25, -0.2) is 0 Å². The largest absolute Gasteiger partial charge is 0.472 e. The molecule has 0 spiro atoms. The van der Waals surface area contributed by atoms with Gasteiger partial charge in [0.1, 0.15) is 0 Å². The molecule has 2 aromatic rings. The van der Waals surface area contributed by atoms with Crippen LogP contribution in [0.25, 0.3) is 0 Å². The lowest BCUT2D eigenvalue weighted by Crippen LogP contribution is -2.33. The highest BCUT2D eigenvalue weighted by atomic mass is 35.5. The fourth-order valence-electron chi connectivity index (χ4n) is 1.75. The maximum Gasteiger partial charge on any atom is 0.251 e. The fraction of sp³-hybridized carbons (Fsp3) is 0.214. The molecule has 2 rings (SSSR count). The molecule has 1 aromatic heterocycles. The lowest BCUT2D eigenvalue weighted by Gasteiger charge is -2.12. The van der Waals surface area contributed by atoms with E-state index in [4.69, 9.17) is 16.0 Å². The SMILES string of the molecule is CC(Cc1ccoc1)NC(=O)c1cccc(Cl)c1. The number of carbonyl (C=O) groups excluding carboxylic acids is 1. The minimum absolute atomic E-state index is 0.0362. The van der Waals surface area contributed by atoms with Gasteiger partial charge in [-0.05, 0) is 43.2 Å². The number of hydrogen-bond acceptors (Lipinski definition) is 2. The summed E-state index contributed by atoms with van der Waals surface area (Å²) >= 11 is 5.85. The number of rotatable bonds is 4. The van der Waals surface area contributed by atoms with E-state index in [-0.39, 0.29) is 11.9 Å². The molecule has 0 aliphatic rings. The Bertz CT molecular complexity index is 522. The average molecular weight is 264 g/mol. The third-order valence-electron chi connectivity index (χ3n) is 2.59. The third-order valence-corrected chi connectivity index (χ3v) is 2.82. The Morgan fingerprint density at radius 3 is 2.94 bits per heavy atom. The molecule has 0 fully saturated rings. The Morgan fingerprint density at radius 1 is 1.44 bits per heavy atom. The Labute approximate surface area is 111 Å². The maximum atomic E-state index is 11.9.